The molecule has 2 saturated carbocycles. The van der Waals surface area contributed by atoms with Gasteiger partial charge in [0.25, 0.3) is 0 Å². The first kappa shape index (κ1) is 16.9. The van der Waals surface area contributed by atoms with Crippen LogP contribution in [0, 0.1) is 63.0 Å². The van der Waals surface area contributed by atoms with E-state index in [1.807, 2.05) is 88.1 Å². The number of benzene rings is 1. The van der Waals surface area contributed by atoms with Crippen LogP contribution in [-0.4, -0.2) is 4.21 Å². The second-order valence-electron chi connectivity index (χ2n) is 3.66. The standard InChI is InChI=1S/C11H9OS.C5H5.Fe/c12-13(11-8-4-5-9-11)10-6-2-1-3-7-10;1-2-4-5-3-1;/h1-9H;1-5H;/t13-;;/m1../s1. The zero-order valence-electron chi connectivity index (χ0n) is 10.3. The zero-order valence-corrected chi connectivity index (χ0v) is 12.2. The molecule has 2 aliphatic carbocycles. The molecule has 0 N–H and O–H groups in total. The Bertz CT molecular complexity index is 349. The molecular weight excluding hydrogens is 296 g/mol. The molecule has 3 heteroatoms. The number of hydrogen-bond acceptors (Lipinski definition) is 1. The first-order valence-electron chi connectivity index (χ1n) is 5.73. The summed E-state index contributed by atoms with van der Waals surface area (Å²) in [5.41, 5.74) is 0. The fraction of sp³-hybridized carbons (Fsp3) is 0. The van der Waals surface area contributed by atoms with Crippen LogP contribution < -0.4 is 0 Å². The maximum Gasteiger partial charge on any atom is 0.0754 e. The van der Waals surface area contributed by atoms with E-state index < -0.39 is 10.8 Å². The quantitative estimate of drug-likeness (QED) is 0.767. The number of hydrogen-bond donors (Lipinski definition) is 0. The molecule has 0 aliphatic heterocycles. The Morgan fingerprint density at radius 2 is 1.16 bits per heavy atom. The first-order chi connectivity index (χ1) is 8.88. The minimum absolute atomic E-state index is 0. The van der Waals surface area contributed by atoms with Crippen LogP contribution in [0.25, 0.3) is 0 Å². The Labute approximate surface area is 130 Å². The summed E-state index contributed by atoms with van der Waals surface area (Å²) in [6.45, 7) is 0. The fourth-order valence-electron chi connectivity index (χ4n) is 1.48. The van der Waals surface area contributed by atoms with E-state index in [-0.39, 0.29) is 17.1 Å². The van der Waals surface area contributed by atoms with Crippen molar-refractivity contribution in [3.05, 3.63) is 93.4 Å². The summed E-state index contributed by atoms with van der Waals surface area (Å²) in [5.74, 6) is 0. The summed E-state index contributed by atoms with van der Waals surface area (Å²) in [7, 11) is -1.02. The van der Waals surface area contributed by atoms with E-state index in [0.29, 0.717) is 0 Å². The molecule has 1 nitrogen and oxygen atoms in total. The SMILES string of the molecule is O=[S@@]([C]1[CH][CH][CH][CH]1)c1ccccc1.[CH]1[CH][CH][CH][CH]1.[Fe]. The van der Waals surface area contributed by atoms with E-state index in [9.17, 15) is 4.21 Å². The summed E-state index contributed by atoms with van der Waals surface area (Å²) in [5, 5.41) is 0.867. The maximum atomic E-state index is 11.8. The van der Waals surface area contributed by atoms with Gasteiger partial charge in [-0.1, -0.05) is 18.2 Å². The minimum atomic E-state index is -1.02. The van der Waals surface area contributed by atoms with Crippen LogP contribution in [0.15, 0.2) is 35.2 Å². The van der Waals surface area contributed by atoms with Gasteiger partial charge in [0.2, 0.25) is 0 Å². The maximum absolute atomic E-state index is 11.8. The van der Waals surface area contributed by atoms with Crippen LogP contribution in [0.4, 0.5) is 0 Å². The average Bonchev–Trinajstić information content (AvgIpc) is 3.14. The molecule has 3 rings (SSSR count). The summed E-state index contributed by atoms with van der Waals surface area (Å²) >= 11 is 0. The van der Waals surface area contributed by atoms with Crippen molar-refractivity contribution < 1.29 is 21.3 Å². The van der Waals surface area contributed by atoms with E-state index in [1.54, 1.807) is 0 Å². The third-order valence-electron chi connectivity index (χ3n) is 2.36. The molecule has 1 atom stereocenters. The first-order valence-corrected chi connectivity index (χ1v) is 6.88. The van der Waals surface area contributed by atoms with E-state index >= 15 is 0 Å². The van der Waals surface area contributed by atoms with Crippen LogP contribution in [0.3, 0.4) is 0 Å². The smallest absolute Gasteiger partial charge is 0.0754 e. The third kappa shape index (κ3) is 5.81. The summed E-state index contributed by atoms with van der Waals surface area (Å²) in [6, 6.07) is 9.48. The largest absolute Gasteiger partial charge is 0.254 e. The van der Waals surface area contributed by atoms with Gasteiger partial charge >= 0.3 is 0 Å². The number of rotatable bonds is 2. The van der Waals surface area contributed by atoms with Crippen LogP contribution in [-0.2, 0) is 27.9 Å². The molecule has 19 heavy (non-hydrogen) atoms. The van der Waals surface area contributed by atoms with Crippen LogP contribution >= 0.6 is 0 Å². The van der Waals surface area contributed by atoms with Crippen molar-refractivity contribution in [1.29, 1.82) is 0 Å². The summed E-state index contributed by atoms with van der Waals surface area (Å²) in [4.78, 5) is 0.855. The van der Waals surface area contributed by atoms with Crippen LogP contribution in [0.5, 0.6) is 0 Å². The van der Waals surface area contributed by atoms with Gasteiger partial charge in [-0.25, -0.2) is 0 Å². The molecular formula is C16H14FeOS. The second-order valence-corrected chi connectivity index (χ2v) is 5.14. The van der Waals surface area contributed by atoms with Crippen molar-refractivity contribution in [3.8, 4) is 0 Å². The van der Waals surface area contributed by atoms with Gasteiger partial charge in [0, 0.05) is 22.0 Å². The molecule has 98 valence electrons. The van der Waals surface area contributed by atoms with E-state index in [2.05, 4.69) is 0 Å². The molecule has 0 bridgehead atoms. The molecule has 2 fully saturated rings. The predicted molar refractivity (Wildman–Crippen MR) is 74.8 cm³/mol. The molecule has 0 aromatic heterocycles. The molecule has 10 radical (unpaired) electrons. The molecule has 0 spiro atoms. The van der Waals surface area contributed by atoms with E-state index in [0.717, 1.165) is 10.1 Å². The van der Waals surface area contributed by atoms with E-state index in [1.165, 1.54) is 0 Å². The fourth-order valence-corrected chi connectivity index (χ4v) is 2.56. The van der Waals surface area contributed by atoms with Crippen molar-refractivity contribution in [3.63, 3.8) is 0 Å². The van der Waals surface area contributed by atoms with Gasteiger partial charge < -0.3 is 0 Å². The summed E-state index contributed by atoms with van der Waals surface area (Å²) < 4.78 is 11.8. The Morgan fingerprint density at radius 3 is 1.63 bits per heavy atom. The van der Waals surface area contributed by atoms with Gasteiger partial charge in [-0.3, -0.25) is 4.21 Å². The monoisotopic (exact) mass is 310 g/mol. The van der Waals surface area contributed by atoms with Gasteiger partial charge in [0.1, 0.15) is 0 Å². The van der Waals surface area contributed by atoms with Crippen molar-refractivity contribution in [2.24, 2.45) is 0 Å². The van der Waals surface area contributed by atoms with Gasteiger partial charge in [-0.2, -0.15) is 0 Å². The molecule has 2 aliphatic rings. The Kier molecular flexibility index (Phi) is 8.69. The topological polar surface area (TPSA) is 17.1 Å². The molecule has 1 aromatic carbocycles. The van der Waals surface area contributed by atoms with E-state index in [4.69, 9.17) is 0 Å². The molecule has 0 saturated heterocycles. The van der Waals surface area contributed by atoms with Gasteiger partial charge in [-0.05, 0) is 69.9 Å². The van der Waals surface area contributed by atoms with Crippen LogP contribution in [0.2, 0.25) is 0 Å². The van der Waals surface area contributed by atoms with Crippen LogP contribution in [0.1, 0.15) is 0 Å². The molecule has 0 amide bonds. The normalized spacial score (nSPS) is 20.2. The summed E-state index contributed by atoms with van der Waals surface area (Å²) in [6.07, 6.45) is 17.6. The molecule has 0 unspecified atom stereocenters. The Morgan fingerprint density at radius 1 is 0.684 bits per heavy atom. The van der Waals surface area contributed by atoms with Crippen molar-refractivity contribution in [2.75, 3.05) is 0 Å². The average molecular weight is 310 g/mol. The zero-order chi connectivity index (χ0) is 12.6. The molecule has 1 aromatic rings. The second kappa shape index (κ2) is 9.74. The predicted octanol–water partition coefficient (Wildman–Crippen LogP) is 3.18. The minimum Gasteiger partial charge on any atom is -0.254 e. The Hall–Kier alpha value is -0.111. The van der Waals surface area contributed by atoms with Gasteiger partial charge in [0.05, 0.1) is 16.0 Å². The third-order valence-corrected chi connectivity index (χ3v) is 3.76. The van der Waals surface area contributed by atoms with Crippen molar-refractivity contribution in [2.45, 2.75) is 4.90 Å². The van der Waals surface area contributed by atoms with Gasteiger partial charge in [0.15, 0.2) is 0 Å². The van der Waals surface area contributed by atoms with Crippen molar-refractivity contribution in [1.82, 2.24) is 0 Å². The van der Waals surface area contributed by atoms with Gasteiger partial charge in [-0.15, -0.1) is 0 Å². The molecule has 0 heterocycles. The Balaban J connectivity index is 0.000000256. The van der Waals surface area contributed by atoms with Crippen molar-refractivity contribution >= 4 is 10.8 Å².